The molecule has 5 heteroatoms. The van der Waals surface area contributed by atoms with Crippen LogP contribution in [0.2, 0.25) is 5.02 Å². The highest BCUT2D eigenvalue weighted by atomic mass is 35.5. The molecule has 2 atom stereocenters. The summed E-state index contributed by atoms with van der Waals surface area (Å²) < 4.78 is 0. The lowest BCUT2D eigenvalue weighted by molar-refractivity contribution is -0.138. The molecule has 1 saturated carbocycles. The van der Waals surface area contributed by atoms with Crippen molar-refractivity contribution in [3.05, 3.63) is 34.9 Å². The highest BCUT2D eigenvalue weighted by Gasteiger charge is 2.40. The van der Waals surface area contributed by atoms with E-state index in [1.807, 2.05) is 21.9 Å². The van der Waals surface area contributed by atoms with E-state index in [2.05, 4.69) is 0 Å². The smallest absolute Gasteiger partial charge is 0.254 e. The van der Waals surface area contributed by atoms with Gasteiger partial charge in [0.1, 0.15) is 0 Å². The molecule has 3 heterocycles. The standard InChI is InChI=1S/C19H23ClN2O2/c20-16-6-2-5-15(9-16)19(24)22-11-13-7-8-17(22)12-21(10-13)18(23)14-3-1-4-14/h2,5-6,9,13-14,17H,1,3-4,7-8,10-12H2/t13-,17+/m0/s1. The molecule has 2 amide bonds. The van der Waals surface area contributed by atoms with Crippen molar-refractivity contribution in [2.24, 2.45) is 11.8 Å². The third-order valence-corrected chi connectivity index (χ3v) is 6.05. The third-order valence-electron chi connectivity index (χ3n) is 5.81. The Hall–Kier alpha value is -1.55. The van der Waals surface area contributed by atoms with E-state index in [9.17, 15) is 9.59 Å². The van der Waals surface area contributed by atoms with Crippen LogP contribution in [0.3, 0.4) is 0 Å². The molecular formula is C19H23ClN2O2. The van der Waals surface area contributed by atoms with Gasteiger partial charge in [-0.25, -0.2) is 0 Å². The van der Waals surface area contributed by atoms with E-state index < -0.39 is 0 Å². The lowest BCUT2D eigenvalue weighted by Gasteiger charge is -2.36. The summed E-state index contributed by atoms with van der Waals surface area (Å²) in [5, 5.41) is 0.586. The number of hydrogen-bond donors (Lipinski definition) is 0. The van der Waals surface area contributed by atoms with Gasteiger partial charge in [-0.05, 0) is 49.8 Å². The monoisotopic (exact) mass is 346 g/mol. The Morgan fingerprint density at radius 1 is 1.04 bits per heavy atom. The zero-order valence-corrected chi connectivity index (χ0v) is 14.5. The summed E-state index contributed by atoms with van der Waals surface area (Å²) in [4.78, 5) is 29.6. The van der Waals surface area contributed by atoms with Gasteiger partial charge in [0.25, 0.3) is 5.91 Å². The van der Waals surface area contributed by atoms with Gasteiger partial charge in [0.2, 0.25) is 5.91 Å². The molecule has 0 N–H and O–H groups in total. The molecule has 0 spiro atoms. The molecule has 1 aliphatic carbocycles. The van der Waals surface area contributed by atoms with Crippen LogP contribution in [0.15, 0.2) is 24.3 Å². The van der Waals surface area contributed by atoms with Crippen molar-refractivity contribution >= 4 is 23.4 Å². The van der Waals surface area contributed by atoms with Gasteiger partial charge >= 0.3 is 0 Å². The number of fused-ring (bicyclic) bond motifs is 4. The number of carbonyl (C=O) groups is 2. The predicted molar refractivity (Wildman–Crippen MR) is 92.9 cm³/mol. The molecule has 0 radical (unpaired) electrons. The maximum absolute atomic E-state index is 12.9. The summed E-state index contributed by atoms with van der Waals surface area (Å²) in [6.07, 6.45) is 5.35. The van der Waals surface area contributed by atoms with Crippen LogP contribution in [-0.4, -0.2) is 47.3 Å². The van der Waals surface area contributed by atoms with Crippen molar-refractivity contribution in [3.8, 4) is 0 Å². The number of piperidine rings is 1. The number of nitrogens with zero attached hydrogens (tertiary/aromatic N) is 2. The summed E-state index contributed by atoms with van der Waals surface area (Å²) >= 11 is 6.04. The van der Waals surface area contributed by atoms with Crippen LogP contribution >= 0.6 is 11.6 Å². The molecule has 4 aliphatic rings. The fourth-order valence-electron chi connectivity index (χ4n) is 4.21. The van der Waals surface area contributed by atoms with Crippen LogP contribution in [-0.2, 0) is 4.79 Å². The first kappa shape index (κ1) is 15.9. The number of halogens is 1. The van der Waals surface area contributed by atoms with Gasteiger partial charge < -0.3 is 9.80 Å². The molecular weight excluding hydrogens is 324 g/mol. The minimum absolute atomic E-state index is 0.0464. The van der Waals surface area contributed by atoms with Crippen LogP contribution in [0.4, 0.5) is 0 Å². The van der Waals surface area contributed by atoms with E-state index in [1.54, 1.807) is 12.1 Å². The molecule has 0 unspecified atom stereocenters. The largest absolute Gasteiger partial charge is 0.340 e. The first-order chi connectivity index (χ1) is 11.6. The van der Waals surface area contributed by atoms with Gasteiger partial charge in [0.15, 0.2) is 0 Å². The van der Waals surface area contributed by atoms with Crippen LogP contribution in [0.1, 0.15) is 42.5 Å². The molecule has 24 heavy (non-hydrogen) atoms. The maximum atomic E-state index is 12.9. The van der Waals surface area contributed by atoms with E-state index >= 15 is 0 Å². The first-order valence-electron chi connectivity index (χ1n) is 8.97. The second-order valence-electron chi connectivity index (χ2n) is 7.44. The van der Waals surface area contributed by atoms with Gasteiger partial charge in [0.05, 0.1) is 0 Å². The molecule has 1 aromatic rings. The van der Waals surface area contributed by atoms with Gasteiger partial charge in [0, 0.05) is 42.2 Å². The predicted octanol–water partition coefficient (Wildman–Crippen LogP) is 3.20. The van der Waals surface area contributed by atoms with Crippen LogP contribution in [0.5, 0.6) is 0 Å². The Kier molecular flexibility index (Phi) is 4.25. The summed E-state index contributed by atoms with van der Waals surface area (Å²) in [6.45, 7) is 2.26. The molecule has 5 rings (SSSR count). The molecule has 2 bridgehead atoms. The van der Waals surface area contributed by atoms with E-state index in [-0.39, 0.29) is 17.9 Å². The average Bonchev–Trinajstić information content (AvgIpc) is 2.84. The quantitative estimate of drug-likeness (QED) is 0.825. The van der Waals surface area contributed by atoms with E-state index in [0.29, 0.717) is 29.0 Å². The third kappa shape index (κ3) is 2.92. The van der Waals surface area contributed by atoms with E-state index in [4.69, 9.17) is 11.6 Å². The lowest BCUT2D eigenvalue weighted by Crippen LogP contribution is -2.48. The normalized spacial score (nSPS) is 26.9. The molecule has 4 nitrogen and oxygen atoms in total. The van der Waals surface area contributed by atoms with E-state index in [0.717, 1.165) is 38.8 Å². The Bertz CT molecular complexity index is 659. The highest BCUT2D eigenvalue weighted by molar-refractivity contribution is 6.30. The van der Waals surface area contributed by atoms with Crippen molar-refractivity contribution in [1.82, 2.24) is 9.80 Å². The molecule has 1 aromatic carbocycles. The second kappa shape index (κ2) is 6.40. The van der Waals surface area contributed by atoms with Gasteiger partial charge in [-0.3, -0.25) is 9.59 Å². The Labute approximate surface area is 147 Å². The molecule has 128 valence electrons. The highest BCUT2D eigenvalue weighted by Crippen LogP contribution is 2.33. The number of benzene rings is 1. The van der Waals surface area contributed by atoms with Crippen LogP contribution < -0.4 is 0 Å². The van der Waals surface area contributed by atoms with E-state index in [1.165, 1.54) is 6.42 Å². The lowest BCUT2D eigenvalue weighted by atomic mass is 9.84. The topological polar surface area (TPSA) is 40.6 Å². The van der Waals surface area contributed by atoms with Crippen molar-refractivity contribution in [2.45, 2.75) is 38.1 Å². The average molecular weight is 347 g/mol. The number of amides is 2. The van der Waals surface area contributed by atoms with Gasteiger partial charge in [-0.2, -0.15) is 0 Å². The number of hydrogen-bond acceptors (Lipinski definition) is 2. The van der Waals surface area contributed by atoms with Gasteiger partial charge in [-0.1, -0.05) is 24.1 Å². The zero-order valence-electron chi connectivity index (χ0n) is 13.8. The fourth-order valence-corrected chi connectivity index (χ4v) is 4.40. The van der Waals surface area contributed by atoms with Gasteiger partial charge in [-0.15, -0.1) is 0 Å². The minimum Gasteiger partial charge on any atom is -0.340 e. The zero-order chi connectivity index (χ0) is 16.7. The van der Waals surface area contributed by atoms with Crippen molar-refractivity contribution < 1.29 is 9.59 Å². The molecule has 3 saturated heterocycles. The number of rotatable bonds is 2. The summed E-state index contributed by atoms with van der Waals surface area (Å²) in [7, 11) is 0. The second-order valence-corrected chi connectivity index (χ2v) is 7.87. The van der Waals surface area contributed by atoms with Crippen molar-refractivity contribution in [1.29, 1.82) is 0 Å². The number of carbonyl (C=O) groups excluding carboxylic acids is 2. The Morgan fingerprint density at radius 2 is 1.88 bits per heavy atom. The van der Waals surface area contributed by atoms with Crippen molar-refractivity contribution in [3.63, 3.8) is 0 Å². The van der Waals surface area contributed by atoms with Crippen molar-refractivity contribution in [2.75, 3.05) is 19.6 Å². The SMILES string of the molecule is O=C(C1CCC1)N1C[C@@H]2CC[C@H](C1)N(C(=O)c1cccc(Cl)c1)C2. The first-order valence-corrected chi connectivity index (χ1v) is 9.35. The maximum Gasteiger partial charge on any atom is 0.254 e. The summed E-state index contributed by atoms with van der Waals surface area (Å²) in [5.41, 5.74) is 0.645. The molecule has 4 fully saturated rings. The summed E-state index contributed by atoms with van der Waals surface area (Å²) in [6, 6.07) is 7.30. The van der Waals surface area contributed by atoms with Crippen LogP contribution in [0.25, 0.3) is 0 Å². The Morgan fingerprint density at radius 3 is 2.58 bits per heavy atom. The fraction of sp³-hybridized carbons (Fsp3) is 0.579. The minimum atomic E-state index is 0.0464. The molecule has 3 aliphatic heterocycles. The Balaban J connectivity index is 1.52. The summed E-state index contributed by atoms with van der Waals surface area (Å²) in [5.74, 6) is 0.996. The molecule has 0 aromatic heterocycles. The van der Waals surface area contributed by atoms with Crippen LogP contribution in [0, 0.1) is 11.8 Å².